The Balaban J connectivity index is 1.94. The van der Waals surface area contributed by atoms with Gasteiger partial charge in [0, 0.05) is 25.1 Å². The number of halogens is 3. The lowest BCUT2D eigenvalue weighted by Crippen LogP contribution is -2.35. The van der Waals surface area contributed by atoms with Gasteiger partial charge in [0.15, 0.2) is 0 Å². The number of benzene rings is 2. The van der Waals surface area contributed by atoms with Gasteiger partial charge in [0.05, 0.1) is 12.1 Å². The van der Waals surface area contributed by atoms with Gasteiger partial charge in [-0.1, -0.05) is 33.6 Å². The Morgan fingerprint density at radius 1 is 1.20 bits per heavy atom. The topological polar surface area (TPSA) is 54.9 Å². The molecule has 0 spiro atoms. The first-order valence-corrected chi connectivity index (χ1v) is 9.21. The average Bonchev–Trinajstić information content (AvgIpc) is 2.91. The second kappa shape index (κ2) is 6.09. The second-order valence-corrected chi connectivity index (χ2v) is 7.91. The molecule has 0 saturated heterocycles. The summed E-state index contributed by atoms with van der Waals surface area (Å²) in [6, 6.07) is 9.73. The Morgan fingerprint density at radius 3 is 2.76 bits per heavy atom. The molecule has 4 aromatic rings. The van der Waals surface area contributed by atoms with E-state index in [0.717, 1.165) is 14.7 Å². The predicted octanol–water partition coefficient (Wildman–Crippen LogP) is 4.51. The minimum Gasteiger partial charge on any atom is -0.305 e. The summed E-state index contributed by atoms with van der Waals surface area (Å²) in [5, 5.41) is 1.32. The summed E-state index contributed by atoms with van der Waals surface area (Å²) in [6.45, 7) is -0.141. The Morgan fingerprint density at radius 2 is 2.00 bits per heavy atom. The quantitative estimate of drug-likeness (QED) is 0.500. The Bertz CT molecular complexity index is 1260. The van der Waals surface area contributed by atoms with E-state index in [-0.39, 0.29) is 12.1 Å². The van der Waals surface area contributed by atoms with E-state index in [4.69, 9.17) is 11.6 Å². The molecule has 2 aromatic heterocycles. The third-order valence-corrected chi connectivity index (χ3v) is 5.78. The molecule has 0 aliphatic carbocycles. The maximum absolute atomic E-state index is 14.1. The van der Waals surface area contributed by atoms with Crippen molar-refractivity contribution in [1.82, 2.24) is 9.55 Å². The molecular formula is C17H9BrClFN2O2S. The van der Waals surface area contributed by atoms with Crippen LogP contribution in [0.3, 0.4) is 0 Å². The third-order valence-electron chi connectivity index (χ3n) is 3.91. The molecule has 126 valence electrons. The van der Waals surface area contributed by atoms with Crippen molar-refractivity contribution >= 4 is 59.2 Å². The standard InChI is InChI=1S/C17H9BrClFN2O2S/c18-9-2-1-8(12(20)5-9)7-22-16(23)15-14(21-17(22)24)11-4-3-10(19)6-13(11)25-15/h1-6H,7H2,(H,21,24). The Kier molecular flexibility index (Phi) is 4.02. The number of thiophene rings is 1. The van der Waals surface area contributed by atoms with E-state index >= 15 is 0 Å². The fourth-order valence-electron chi connectivity index (χ4n) is 2.70. The number of rotatable bonds is 2. The van der Waals surface area contributed by atoms with Gasteiger partial charge in [-0.3, -0.25) is 9.36 Å². The zero-order valence-electron chi connectivity index (χ0n) is 12.5. The van der Waals surface area contributed by atoms with Crippen molar-refractivity contribution in [2.75, 3.05) is 0 Å². The van der Waals surface area contributed by atoms with Gasteiger partial charge in [0.2, 0.25) is 0 Å². The van der Waals surface area contributed by atoms with Crippen molar-refractivity contribution in [2.45, 2.75) is 6.54 Å². The van der Waals surface area contributed by atoms with E-state index in [1.807, 2.05) is 0 Å². The highest BCUT2D eigenvalue weighted by Crippen LogP contribution is 2.31. The summed E-state index contributed by atoms with van der Waals surface area (Å²) in [5.41, 5.74) is -0.272. The molecule has 1 N–H and O–H groups in total. The third kappa shape index (κ3) is 2.82. The van der Waals surface area contributed by atoms with Gasteiger partial charge in [-0.15, -0.1) is 11.3 Å². The fraction of sp³-hybridized carbons (Fsp3) is 0.0588. The van der Waals surface area contributed by atoms with Crippen LogP contribution in [0.15, 0.2) is 50.5 Å². The molecule has 0 fully saturated rings. The van der Waals surface area contributed by atoms with Crippen LogP contribution in [0.1, 0.15) is 5.56 Å². The van der Waals surface area contributed by atoms with Crippen molar-refractivity contribution in [3.05, 3.63) is 78.1 Å². The van der Waals surface area contributed by atoms with Crippen molar-refractivity contribution in [3.8, 4) is 0 Å². The molecule has 2 heterocycles. The molecule has 2 aromatic carbocycles. The molecule has 0 unspecified atom stereocenters. The molecule has 4 nitrogen and oxygen atoms in total. The van der Waals surface area contributed by atoms with Gasteiger partial charge in [-0.25, -0.2) is 9.18 Å². The molecular weight excluding hydrogens is 431 g/mol. The normalized spacial score (nSPS) is 11.5. The minimum atomic E-state index is -0.575. The van der Waals surface area contributed by atoms with E-state index in [0.29, 0.717) is 19.7 Å². The van der Waals surface area contributed by atoms with Crippen LogP contribution in [0, 0.1) is 5.82 Å². The van der Waals surface area contributed by atoms with Crippen LogP contribution in [-0.2, 0) is 6.54 Å². The van der Waals surface area contributed by atoms with Crippen LogP contribution in [0.2, 0.25) is 5.02 Å². The first-order chi connectivity index (χ1) is 11.9. The smallest absolute Gasteiger partial charge is 0.305 e. The van der Waals surface area contributed by atoms with E-state index in [1.54, 1.807) is 30.3 Å². The highest BCUT2D eigenvalue weighted by atomic mass is 79.9. The van der Waals surface area contributed by atoms with Gasteiger partial charge in [-0.05, 0) is 30.3 Å². The summed E-state index contributed by atoms with van der Waals surface area (Å²) >= 11 is 10.4. The van der Waals surface area contributed by atoms with Crippen LogP contribution in [0.25, 0.3) is 20.3 Å². The van der Waals surface area contributed by atoms with E-state index in [9.17, 15) is 14.0 Å². The summed E-state index contributed by atoms with van der Waals surface area (Å²) in [6.07, 6.45) is 0. The molecule has 4 rings (SSSR count). The van der Waals surface area contributed by atoms with Gasteiger partial charge in [0.1, 0.15) is 10.5 Å². The van der Waals surface area contributed by atoms with Crippen LogP contribution in [-0.4, -0.2) is 9.55 Å². The molecule has 0 saturated carbocycles. The average molecular weight is 440 g/mol. The van der Waals surface area contributed by atoms with Gasteiger partial charge >= 0.3 is 5.69 Å². The summed E-state index contributed by atoms with van der Waals surface area (Å²) in [4.78, 5) is 27.9. The maximum atomic E-state index is 14.1. The number of aromatic nitrogens is 2. The van der Waals surface area contributed by atoms with Crippen molar-refractivity contribution in [1.29, 1.82) is 0 Å². The number of H-pyrrole nitrogens is 1. The number of fused-ring (bicyclic) bond motifs is 3. The molecule has 0 radical (unpaired) electrons. The first-order valence-electron chi connectivity index (χ1n) is 7.23. The Hall–Kier alpha value is -1.96. The lowest BCUT2D eigenvalue weighted by Gasteiger charge is -2.06. The summed E-state index contributed by atoms with van der Waals surface area (Å²) in [5.74, 6) is -0.483. The second-order valence-electron chi connectivity index (χ2n) is 5.50. The zero-order valence-corrected chi connectivity index (χ0v) is 15.6. The largest absolute Gasteiger partial charge is 0.329 e. The van der Waals surface area contributed by atoms with Gasteiger partial charge in [-0.2, -0.15) is 0 Å². The molecule has 25 heavy (non-hydrogen) atoms. The molecule has 0 bridgehead atoms. The van der Waals surface area contributed by atoms with Crippen LogP contribution < -0.4 is 11.2 Å². The van der Waals surface area contributed by atoms with E-state index < -0.39 is 17.1 Å². The van der Waals surface area contributed by atoms with E-state index in [2.05, 4.69) is 20.9 Å². The number of hydrogen-bond donors (Lipinski definition) is 1. The lowest BCUT2D eigenvalue weighted by atomic mass is 10.2. The highest BCUT2D eigenvalue weighted by molar-refractivity contribution is 9.10. The monoisotopic (exact) mass is 438 g/mol. The molecule has 0 amide bonds. The zero-order chi connectivity index (χ0) is 17.7. The molecule has 0 aliphatic heterocycles. The SMILES string of the molecule is O=c1[nH]c2c(sc3cc(Cl)ccc32)c(=O)n1Cc1ccc(Br)cc1F. The molecule has 8 heteroatoms. The van der Waals surface area contributed by atoms with Crippen LogP contribution >= 0.6 is 38.9 Å². The van der Waals surface area contributed by atoms with Crippen molar-refractivity contribution in [3.63, 3.8) is 0 Å². The number of hydrogen-bond acceptors (Lipinski definition) is 3. The number of aromatic amines is 1. The summed E-state index contributed by atoms with van der Waals surface area (Å²) < 4.78 is 16.9. The van der Waals surface area contributed by atoms with E-state index in [1.165, 1.54) is 17.4 Å². The predicted molar refractivity (Wildman–Crippen MR) is 102 cm³/mol. The molecule has 0 aliphatic rings. The fourth-order valence-corrected chi connectivity index (χ4v) is 4.41. The van der Waals surface area contributed by atoms with Crippen LogP contribution in [0.5, 0.6) is 0 Å². The van der Waals surface area contributed by atoms with Gasteiger partial charge in [0.25, 0.3) is 5.56 Å². The van der Waals surface area contributed by atoms with Gasteiger partial charge < -0.3 is 4.98 Å². The maximum Gasteiger partial charge on any atom is 0.329 e. The highest BCUT2D eigenvalue weighted by Gasteiger charge is 2.15. The van der Waals surface area contributed by atoms with Crippen molar-refractivity contribution in [2.24, 2.45) is 0 Å². The molecule has 0 atom stereocenters. The first kappa shape index (κ1) is 16.5. The summed E-state index contributed by atoms with van der Waals surface area (Å²) in [7, 11) is 0. The number of nitrogens with one attached hydrogen (secondary N) is 1. The Labute approximate surface area is 157 Å². The van der Waals surface area contributed by atoms with Crippen LogP contribution in [0.4, 0.5) is 4.39 Å². The lowest BCUT2D eigenvalue weighted by molar-refractivity contribution is 0.590. The minimum absolute atomic E-state index is 0.141. The van der Waals surface area contributed by atoms with Crippen molar-refractivity contribution < 1.29 is 4.39 Å². The number of nitrogens with zero attached hydrogens (tertiary/aromatic N) is 1.